The van der Waals surface area contributed by atoms with E-state index in [0.717, 1.165) is 51.1 Å². The van der Waals surface area contributed by atoms with Crippen LogP contribution in [0.25, 0.3) is 0 Å². The molecule has 0 bridgehead atoms. The number of amides is 1. The number of ether oxygens (including phenoxy) is 1. The molecular formula is C17H24N2O2. The molecule has 1 aromatic rings. The van der Waals surface area contributed by atoms with Crippen molar-refractivity contribution in [2.45, 2.75) is 38.1 Å². The number of rotatable bonds is 5. The average Bonchev–Trinajstić information content (AvgIpc) is 3.16. The fraction of sp³-hybridized carbons (Fsp3) is 0.588. The van der Waals surface area contributed by atoms with E-state index in [-0.39, 0.29) is 0 Å². The van der Waals surface area contributed by atoms with Crippen molar-refractivity contribution in [2.75, 3.05) is 26.7 Å². The van der Waals surface area contributed by atoms with Gasteiger partial charge in [0.05, 0.1) is 7.11 Å². The second-order valence-corrected chi connectivity index (χ2v) is 5.95. The molecule has 0 aromatic heterocycles. The number of nitrogens with zero attached hydrogens (tertiary/aromatic N) is 1. The van der Waals surface area contributed by atoms with E-state index in [1.165, 1.54) is 11.1 Å². The highest BCUT2D eigenvalue weighted by atomic mass is 16.5. The van der Waals surface area contributed by atoms with Gasteiger partial charge in [0.2, 0.25) is 5.91 Å². The van der Waals surface area contributed by atoms with E-state index >= 15 is 0 Å². The topological polar surface area (TPSA) is 41.6 Å². The van der Waals surface area contributed by atoms with Crippen LogP contribution in [0.3, 0.4) is 0 Å². The van der Waals surface area contributed by atoms with Crippen LogP contribution in [0.2, 0.25) is 0 Å². The zero-order valence-electron chi connectivity index (χ0n) is 12.7. The lowest BCUT2D eigenvalue weighted by molar-refractivity contribution is -0.130. The van der Waals surface area contributed by atoms with Crippen molar-refractivity contribution in [3.63, 3.8) is 0 Å². The van der Waals surface area contributed by atoms with Gasteiger partial charge >= 0.3 is 0 Å². The van der Waals surface area contributed by atoms with Crippen molar-refractivity contribution in [1.29, 1.82) is 0 Å². The van der Waals surface area contributed by atoms with Gasteiger partial charge in [-0.15, -0.1) is 0 Å². The van der Waals surface area contributed by atoms with Crippen LogP contribution in [0.15, 0.2) is 18.2 Å². The van der Waals surface area contributed by atoms with Crippen molar-refractivity contribution < 1.29 is 9.53 Å². The number of hydrogen-bond acceptors (Lipinski definition) is 3. The third-order valence-electron chi connectivity index (χ3n) is 4.62. The van der Waals surface area contributed by atoms with Gasteiger partial charge in [0.1, 0.15) is 5.75 Å². The fourth-order valence-corrected chi connectivity index (χ4v) is 3.40. The monoisotopic (exact) mass is 288 g/mol. The van der Waals surface area contributed by atoms with Gasteiger partial charge in [-0.1, -0.05) is 6.07 Å². The molecule has 1 unspecified atom stereocenters. The molecule has 1 fully saturated rings. The molecule has 1 atom stereocenters. The van der Waals surface area contributed by atoms with Gasteiger partial charge in [-0.05, 0) is 48.9 Å². The smallest absolute Gasteiger partial charge is 0.223 e. The number of hydrogen-bond donors (Lipinski definition) is 1. The number of aryl methyl sites for hydroxylation is 1. The standard InChI is InChI=1S/C17H24N2O2/c1-21-14-6-4-13-5-7-16(15(13)12-14)18-9-8-17(20)19-10-2-3-11-19/h4,6,12,16,18H,2-3,5,7-11H2,1H3. The van der Waals surface area contributed by atoms with Gasteiger partial charge in [-0.3, -0.25) is 4.79 Å². The van der Waals surface area contributed by atoms with Gasteiger partial charge in [-0.25, -0.2) is 0 Å². The van der Waals surface area contributed by atoms with Crippen LogP contribution in [0.1, 0.15) is 42.9 Å². The molecule has 1 aliphatic carbocycles. The number of carbonyl (C=O) groups excluding carboxylic acids is 1. The van der Waals surface area contributed by atoms with Crippen LogP contribution >= 0.6 is 0 Å². The Kier molecular flexibility index (Phi) is 4.44. The Balaban J connectivity index is 1.52. The average molecular weight is 288 g/mol. The predicted molar refractivity (Wildman–Crippen MR) is 82.5 cm³/mol. The predicted octanol–water partition coefficient (Wildman–Crippen LogP) is 2.28. The molecule has 0 spiro atoms. The van der Waals surface area contributed by atoms with Gasteiger partial charge in [-0.2, -0.15) is 0 Å². The van der Waals surface area contributed by atoms with Crippen molar-refractivity contribution in [3.8, 4) is 5.75 Å². The molecule has 1 N–H and O–H groups in total. The van der Waals surface area contributed by atoms with Crippen molar-refractivity contribution in [2.24, 2.45) is 0 Å². The Morgan fingerprint density at radius 1 is 1.38 bits per heavy atom. The summed E-state index contributed by atoms with van der Waals surface area (Å²) in [5.41, 5.74) is 2.74. The summed E-state index contributed by atoms with van der Waals surface area (Å²) in [5.74, 6) is 1.21. The maximum atomic E-state index is 12.0. The number of carbonyl (C=O) groups is 1. The van der Waals surface area contributed by atoms with E-state index in [1.54, 1.807) is 7.11 Å². The van der Waals surface area contributed by atoms with E-state index in [2.05, 4.69) is 17.4 Å². The zero-order valence-corrected chi connectivity index (χ0v) is 12.7. The lowest BCUT2D eigenvalue weighted by atomic mass is 10.1. The van der Waals surface area contributed by atoms with Crippen LogP contribution < -0.4 is 10.1 Å². The Morgan fingerprint density at radius 2 is 2.19 bits per heavy atom. The molecule has 4 heteroatoms. The molecule has 1 heterocycles. The molecule has 21 heavy (non-hydrogen) atoms. The van der Waals surface area contributed by atoms with E-state index in [4.69, 9.17) is 4.74 Å². The summed E-state index contributed by atoms with van der Waals surface area (Å²) in [5, 5.41) is 3.54. The minimum atomic E-state index is 0.295. The molecule has 1 amide bonds. The second kappa shape index (κ2) is 6.48. The minimum absolute atomic E-state index is 0.295. The Hall–Kier alpha value is -1.55. The van der Waals surface area contributed by atoms with E-state index in [0.29, 0.717) is 18.4 Å². The lowest BCUT2D eigenvalue weighted by Crippen LogP contribution is -2.31. The number of fused-ring (bicyclic) bond motifs is 1. The van der Waals surface area contributed by atoms with Crippen LogP contribution in [0, 0.1) is 0 Å². The maximum Gasteiger partial charge on any atom is 0.223 e. The highest BCUT2D eigenvalue weighted by Crippen LogP contribution is 2.33. The van der Waals surface area contributed by atoms with Crippen molar-refractivity contribution >= 4 is 5.91 Å². The highest BCUT2D eigenvalue weighted by molar-refractivity contribution is 5.76. The second-order valence-electron chi connectivity index (χ2n) is 5.95. The van der Waals surface area contributed by atoms with Gasteiger partial charge in [0.25, 0.3) is 0 Å². The third kappa shape index (κ3) is 3.21. The number of likely N-dealkylation sites (tertiary alicyclic amines) is 1. The number of methoxy groups -OCH3 is 1. The first-order valence-electron chi connectivity index (χ1n) is 7.96. The molecule has 0 saturated carbocycles. The third-order valence-corrected chi connectivity index (χ3v) is 4.62. The number of benzene rings is 1. The summed E-state index contributed by atoms with van der Waals surface area (Å²) in [6.07, 6.45) is 5.15. The van der Waals surface area contributed by atoms with E-state index < -0.39 is 0 Å². The number of nitrogens with one attached hydrogen (secondary N) is 1. The molecule has 0 radical (unpaired) electrons. The van der Waals surface area contributed by atoms with Gasteiger partial charge < -0.3 is 15.0 Å². The molecule has 3 rings (SSSR count). The SMILES string of the molecule is COc1ccc2c(c1)C(NCCC(=O)N1CCCC1)CC2. The maximum absolute atomic E-state index is 12.0. The van der Waals surface area contributed by atoms with Crippen LogP contribution in [-0.2, 0) is 11.2 Å². The van der Waals surface area contributed by atoms with E-state index in [1.807, 2.05) is 11.0 Å². The quantitative estimate of drug-likeness (QED) is 0.904. The Labute approximate surface area is 126 Å². The van der Waals surface area contributed by atoms with Crippen molar-refractivity contribution in [1.82, 2.24) is 10.2 Å². The van der Waals surface area contributed by atoms with Gasteiger partial charge in [0.15, 0.2) is 0 Å². The van der Waals surface area contributed by atoms with Crippen LogP contribution in [0.5, 0.6) is 5.75 Å². The molecule has 4 nitrogen and oxygen atoms in total. The first kappa shape index (κ1) is 14.4. The molecule has 114 valence electrons. The normalized spacial score (nSPS) is 20.6. The molecule has 1 aromatic carbocycles. The Morgan fingerprint density at radius 3 is 2.95 bits per heavy atom. The molecule has 1 aliphatic heterocycles. The lowest BCUT2D eigenvalue weighted by Gasteiger charge is -2.18. The minimum Gasteiger partial charge on any atom is -0.497 e. The molecule has 2 aliphatic rings. The first-order chi connectivity index (χ1) is 10.3. The molecule has 1 saturated heterocycles. The highest BCUT2D eigenvalue weighted by Gasteiger charge is 2.23. The van der Waals surface area contributed by atoms with Crippen molar-refractivity contribution in [3.05, 3.63) is 29.3 Å². The summed E-state index contributed by atoms with van der Waals surface area (Å²) in [7, 11) is 1.70. The summed E-state index contributed by atoms with van der Waals surface area (Å²) in [6.45, 7) is 2.65. The summed E-state index contributed by atoms with van der Waals surface area (Å²) in [6, 6.07) is 6.67. The van der Waals surface area contributed by atoms with Crippen LogP contribution in [-0.4, -0.2) is 37.6 Å². The molecular weight excluding hydrogens is 264 g/mol. The summed E-state index contributed by atoms with van der Waals surface area (Å²) in [4.78, 5) is 14.0. The fourth-order valence-electron chi connectivity index (χ4n) is 3.40. The summed E-state index contributed by atoms with van der Waals surface area (Å²) < 4.78 is 5.31. The largest absolute Gasteiger partial charge is 0.497 e. The zero-order chi connectivity index (χ0) is 14.7. The Bertz CT molecular complexity index is 510. The van der Waals surface area contributed by atoms with Crippen LogP contribution in [0.4, 0.5) is 0 Å². The van der Waals surface area contributed by atoms with E-state index in [9.17, 15) is 4.79 Å². The van der Waals surface area contributed by atoms with Gasteiger partial charge in [0, 0.05) is 32.1 Å². The summed E-state index contributed by atoms with van der Waals surface area (Å²) >= 11 is 0. The first-order valence-corrected chi connectivity index (χ1v) is 7.96.